The first-order chi connectivity index (χ1) is 22.0. The Morgan fingerprint density at radius 1 is 1.06 bits per heavy atom. The van der Waals surface area contributed by atoms with Gasteiger partial charge in [0.15, 0.2) is 0 Å². The van der Waals surface area contributed by atoms with Gasteiger partial charge < -0.3 is 31.7 Å². The number of carbonyl (C=O) groups is 5. The molecule has 14 nitrogen and oxygen atoms in total. The van der Waals surface area contributed by atoms with E-state index in [1.807, 2.05) is 50.4 Å². The number of amides is 4. The summed E-state index contributed by atoms with van der Waals surface area (Å²) in [4.78, 5) is 63.0. The summed E-state index contributed by atoms with van der Waals surface area (Å²) in [6.45, 7) is 5.61. The van der Waals surface area contributed by atoms with Crippen molar-refractivity contribution in [2.45, 2.75) is 88.8 Å². The number of benzene rings is 1. The van der Waals surface area contributed by atoms with Gasteiger partial charge in [-0.1, -0.05) is 49.4 Å². The molecule has 1 saturated heterocycles. The van der Waals surface area contributed by atoms with E-state index in [1.165, 1.54) is 4.90 Å². The van der Waals surface area contributed by atoms with E-state index in [0.717, 1.165) is 24.1 Å². The summed E-state index contributed by atoms with van der Waals surface area (Å²) in [5.41, 5.74) is 7.42. The van der Waals surface area contributed by atoms with Crippen LogP contribution in [-0.4, -0.2) is 98.5 Å². The summed E-state index contributed by atoms with van der Waals surface area (Å²) in [6, 6.07) is 5.81. The zero-order valence-corrected chi connectivity index (χ0v) is 26.5. The van der Waals surface area contributed by atoms with Crippen LogP contribution in [0.25, 0.3) is 0 Å². The minimum atomic E-state index is -5.08. The summed E-state index contributed by atoms with van der Waals surface area (Å²) in [5, 5.41) is 24.2. The normalized spacial score (nSPS) is 19.6. The Kier molecular flexibility index (Phi) is 12.4. The van der Waals surface area contributed by atoms with Crippen LogP contribution in [0.5, 0.6) is 0 Å². The molecule has 258 valence electrons. The van der Waals surface area contributed by atoms with Gasteiger partial charge in [-0.3, -0.25) is 19.2 Å². The Hall–Kier alpha value is -4.54. The van der Waals surface area contributed by atoms with Crippen LogP contribution in [0.1, 0.15) is 63.3 Å². The molecule has 0 unspecified atom stereocenters. The van der Waals surface area contributed by atoms with E-state index < -0.39 is 48.1 Å². The van der Waals surface area contributed by atoms with Gasteiger partial charge in [-0.2, -0.15) is 13.2 Å². The lowest BCUT2D eigenvalue weighted by Crippen LogP contribution is -2.58. The number of hydrogen-bond donors (Lipinski definition) is 5. The predicted octanol–water partition coefficient (Wildman–Crippen LogP) is 0.892. The van der Waals surface area contributed by atoms with Gasteiger partial charge in [0, 0.05) is 31.5 Å². The van der Waals surface area contributed by atoms with Crippen molar-refractivity contribution < 1.29 is 42.3 Å². The fourth-order valence-electron chi connectivity index (χ4n) is 4.97. The van der Waals surface area contributed by atoms with Gasteiger partial charge >= 0.3 is 12.1 Å². The second kappa shape index (κ2) is 15.8. The number of nitrogens with zero attached hydrogens (tertiary/aromatic N) is 4. The number of rotatable bonds is 12. The maximum absolute atomic E-state index is 13.9. The SMILES string of the molecule is CN[C@@H](C)C(=O)N[C@H](C(=O)N1C[C@@H](n2cc(C3CC3)nn2)C[C@H]1C(=O)N[C@@H](Cc1ccccc1)C(N)=O)C(C)C.O=C(O)C(F)(F)F. The van der Waals surface area contributed by atoms with Crippen LogP contribution in [0.2, 0.25) is 0 Å². The number of likely N-dealkylation sites (N-methyl/N-ethyl adjacent to an activating group) is 1. The van der Waals surface area contributed by atoms with Gasteiger partial charge in [0.05, 0.1) is 17.8 Å². The van der Waals surface area contributed by atoms with Crippen molar-refractivity contribution >= 4 is 29.6 Å². The van der Waals surface area contributed by atoms with Crippen LogP contribution < -0.4 is 21.7 Å². The summed E-state index contributed by atoms with van der Waals surface area (Å²) < 4.78 is 33.5. The number of halogens is 3. The van der Waals surface area contributed by atoms with Crippen LogP contribution in [-0.2, 0) is 30.4 Å². The molecule has 1 aliphatic heterocycles. The molecule has 6 N–H and O–H groups in total. The number of carboxylic acid groups (broad SMARTS) is 1. The van der Waals surface area contributed by atoms with E-state index in [1.54, 1.807) is 18.7 Å². The molecule has 1 aromatic heterocycles. The minimum Gasteiger partial charge on any atom is -0.475 e. The molecular formula is C30H41F3N8O6. The van der Waals surface area contributed by atoms with E-state index in [4.69, 9.17) is 15.6 Å². The lowest BCUT2D eigenvalue weighted by atomic mass is 10.0. The highest BCUT2D eigenvalue weighted by atomic mass is 19.4. The number of nitrogens with one attached hydrogen (secondary N) is 3. The summed E-state index contributed by atoms with van der Waals surface area (Å²) in [5.74, 6) is -4.39. The molecule has 5 atom stereocenters. The van der Waals surface area contributed by atoms with E-state index in [0.29, 0.717) is 5.92 Å². The molecule has 1 saturated carbocycles. The molecule has 2 fully saturated rings. The molecule has 4 rings (SSSR count). The highest BCUT2D eigenvalue weighted by Gasteiger charge is 2.45. The highest BCUT2D eigenvalue weighted by molar-refractivity contribution is 5.95. The molecule has 2 heterocycles. The van der Waals surface area contributed by atoms with Crippen molar-refractivity contribution in [2.75, 3.05) is 13.6 Å². The average Bonchev–Trinajstić information content (AvgIpc) is 3.57. The fourth-order valence-corrected chi connectivity index (χ4v) is 4.97. The van der Waals surface area contributed by atoms with Crippen LogP contribution in [0.15, 0.2) is 36.5 Å². The third-order valence-electron chi connectivity index (χ3n) is 8.00. The van der Waals surface area contributed by atoms with Crippen molar-refractivity contribution in [3.05, 3.63) is 47.8 Å². The highest BCUT2D eigenvalue weighted by Crippen LogP contribution is 2.39. The zero-order valence-electron chi connectivity index (χ0n) is 26.5. The molecule has 4 amide bonds. The lowest BCUT2D eigenvalue weighted by Gasteiger charge is -2.31. The molecule has 1 aliphatic carbocycles. The first kappa shape index (κ1) is 36.9. The van der Waals surface area contributed by atoms with Gasteiger partial charge in [0.1, 0.15) is 18.1 Å². The Balaban J connectivity index is 0.000000771. The Bertz CT molecular complexity index is 1420. The molecular weight excluding hydrogens is 625 g/mol. The van der Waals surface area contributed by atoms with Crippen molar-refractivity contribution in [3.8, 4) is 0 Å². The topological polar surface area (TPSA) is 202 Å². The van der Waals surface area contributed by atoms with Gasteiger partial charge in [0.25, 0.3) is 0 Å². The summed E-state index contributed by atoms with van der Waals surface area (Å²) in [6.07, 6.45) is -0.519. The molecule has 1 aromatic carbocycles. The van der Waals surface area contributed by atoms with Crippen molar-refractivity contribution in [2.24, 2.45) is 11.7 Å². The Morgan fingerprint density at radius 2 is 1.68 bits per heavy atom. The van der Waals surface area contributed by atoms with Gasteiger partial charge in [-0.05, 0) is 38.3 Å². The van der Waals surface area contributed by atoms with E-state index in [2.05, 4.69) is 26.3 Å². The largest absolute Gasteiger partial charge is 0.490 e. The lowest BCUT2D eigenvalue weighted by molar-refractivity contribution is -0.192. The van der Waals surface area contributed by atoms with E-state index >= 15 is 0 Å². The first-order valence-electron chi connectivity index (χ1n) is 15.2. The summed E-state index contributed by atoms with van der Waals surface area (Å²) in [7, 11) is 1.67. The smallest absolute Gasteiger partial charge is 0.475 e. The maximum Gasteiger partial charge on any atom is 0.490 e. The first-order valence-corrected chi connectivity index (χ1v) is 15.2. The monoisotopic (exact) mass is 666 g/mol. The predicted molar refractivity (Wildman–Crippen MR) is 161 cm³/mol. The third kappa shape index (κ3) is 10.2. The second-order valence-corrected chi connectivity index (χ2v) is 12.0. The number of primary amides is 1. The number of nitrogens with two attached hydrogens (primary N) is 1. The van der Waals surface area contributed by atoms with Crippen LogP contribution in [0.3, 0.4) is 0 Å². The quantitative estimate of drug-likeness (QED) is 0.218. The number of carbonyl (C=O) groups excluding carboxylic acids is 4. The molecule has 0 spiro atoms. The minimum absolute atomic E-state index is 0.213. The number of likely N-dealkylation sites (tertiary alicyclic amines) is 1. The van der Waals surface area contributed by atoms with Crippen LogP contribution in [0, 0.1) is 5.92 Å². The fraction of sp³-hybridized carbons (Fsp3) is 0.567. The number of hydrogen-bond acceptors (Lipinski definition) is 8. The Morgan fingerprint density at radius 3 is 2.19 bits per heavy atom. The average molecular weight is 667 g/mol. The molecule has 17 heteroatoms. The van der Waals surface area contributed by atoms with E-state index in [-0.39, 0.29) is 43.2 Å². The number of alkyl halides is 3. The zero-order chi connectivity index (χ0) is 35.1. The van der Waals surface area contributed by atoms with Crippen molar-refractivity contribution in [1.82, 2.24) is 35.8 Å². The second-order valence-electron chi connectivity index (χ2n) is 12.0. The summed E-state index contributed by atoms with van der Waals surface area (Å²) >= 11 is 0. The standard InChI is InChI=1S/C28H40N8O4.C2HF3O2/c1-16(2)24(32-26(38)17(3)30-4)28(40)35-14-20(36-15-22(33-34-36)19-10-11-19)13-23(35)27(39)31-21(25(29)37)12-18-8-6-5-7-9-18;3-2(4,5)1(6)7/h5-9,15-17,19-21,23-24,30H,10-14H2,1-4H3,(H2,29,37)(H,31,39)(H,32,38);(H,6,7)/t17-,20-,21-,23-,24-;/m0./s1. The van der Waals surface area contributed by atoms with Crippen molar-refractivity contribution in [1.29, 1.82) is 0 Å². The third-order valence-corrected chi connectivity index (χ3v) is 8.00. The van der Waals surface area contributed by atoms with Crippen LogP contribution in [0.4, 0.5) is 13.2 Å². The maximum atomic E-state index is 13.9. The van der Waals surface area contributed by atoms with Gasteiger partial charge in [-0.25, -0.2) is 9.48 Å². The molecule has 2 aliphatic rings. The van der Waals surface area contributed by atoms with Gasteiger partial charge in [-0.15, -0.1) is 5.10 Å². The molecule has 47 heavy (non-hydrogen) atoms. The van der Waals surface area contributed by atoms with Crippen molar-refractivity contribution in [3.63, 3.8) is 0 Å². The van der Waals surface area contributed by atoms with Crippen LogP contribution >= 0.6 is 0 Å². The number of aliphatic carboxylic acids is 1. The molecule has 0 radical (unpaired) electrons. The molecule has 0 bridgehead atoms. The number of carboxylic acids is 1. The Labute approximate surface area is 269 Å². The molecule has 2 aromatic rings. The number of aromatic nitrogens is 3. The van der Waals surface area contributed by atoms with Gasteiger partial charge in [0.2, 0.25) is 23.6 Å². The van der Waals surface area contributed by atoms with E-state index in [9.17, 15) is 32.3 Å².